The van der Waals surface area contributed by atoms with Gasteiger partial charge in [-0.3, -0.25) is 0 Å². The summed E-state index contributed by atoms with van der Waals surface area (Å²) in [6, 6.07) is 0. The van der Waals surface area contributed by atoms with E-state index in [-0.39, 0.29) is 0 Å². The van der Waals surface area contributed by atoms with Crippen LogP contribution in [0.25, 0.3) is 0 Å². The van der Waals surface area contributed by atoms with Gasteiger partial charge in [0.15, 0.2) is 0 Å². The minimum atomic E-state index is -0.543. The molecule has 3 atom stereocenters. The van der Waals surface area contributed by atoms with Gasteiger partial charge in [0.2, 0.25) is 0 Å². The van der Waals surface area contributed by atoms with Crippen molar-refractivity contribution in [2.24, 2.45) is 11.8 Å². The van der Waals surface area contributed by atoms with Crippen molar-refractivity contribution in [3.63, 3.8) is 0 Å². The molecule has 1 aliphatic carbocycles. The van der Waals surface area contributed by atoms with E-state index < -0.39 is 5.60 Å². The quantitative estimate of drug-likeness (QED) is 0.311. The predicted molar refractivity (Wildman–Crippen MR) is 104 cm³/mol. The molecule has 0 radical (unpaired) electrons. The molecule has 140 valence electrons. The Morgan fingerprint density at radius 2 is 1.79 bits per heavy atom. The van der Waals surface area contributed by atoms with Gasteiger partial charge in [0.1, 0.15) is 0 Å². The zero-order valence-corrected chi connectivity index (χ0v) is 16.1. The monoisotopic (exact) mass is 336 g/mol. The Kier molecular flexibility index (Phi) is 11.4. The number of allylic oxidation sites excluding steroid dienone is 3. The van der Waals surface area contributed by atoms with E-state index in [1.807, 2.05) is 6.92 Å². The highest BCUT2D eigenvalue weighted by Crippen LogP contribution is 2.31. The maximum Gasteiger partial charge on any atom is 0.0654 e. The molecule has 0 bridgehead atoms. The molecule has 0 saturated carbocycles. The molecule has 0 fully saturated rings. The fraction of sp³-hybridized carbons (Fsp3) is 0.818. The van der Waals surface area contributed by atoms with Gasteiger partial charge in [-0.1, -0.05) is 76.2 Å². The molecular formula is C22H40O2. The summed E-state index contributed by atoms with van der Waals surface area (Å²) in [7, 11) is 0. The number of rotatable bonds is 14. The summed E-state index contributed by atoms with van der Waals surface area (Å²) >= 11 is 0. The van der Waals surface area contributed by atoms with Gasteiger partial charge in [0, 0.05) is 6.61 Å². The molecule has 0 saturated heterocycles. The second-order valence-corrected chi connectivity index (χ2v) is 7.87. The van der Waals surface area contributed by atoms with Gasteiger partial charge in [0.05, 0.1) is 5.60 Å². The summed E-state index contributed by atoms with van der Waals surface area (Å²) in [5, 5.41) is 19.1. The average Bonchev–Trinajstić information content (AvgIpc) is 2.99. The lowest BCUT2D eigenvalue weighted by Crippen LogP contribution is -2.22. The van der Waals surface area contributed by atoms with Gasteiger partial charge in [0.25, 0.3) is 0 Å². The molecule has 2 nitrogen and oxygen atoms in total. The number of hydrogen-bond acceptors (Lipinski definition) is 2. The lowest BCUT2D eigenvalue weighted by molar-refractivity contribution is 0.0516. The number of aliphatic hydroxyl groups excluding tert-OH is 1. The summed E-state index contributed by atoms with van der Waals surface area (Å²) in [6.45, 7) is 4.48. The van der Waals surface area contributed by atoms with Crippen LogP contribution in [-0.4, -0.2) is 22.4 Å². The van der Waals surface area contributed by atoms with Gasteiger partial charge in [-0.15, -0.1) is 0 Å². The largest absolute Gasteiger partial charge is 0.396 e. The lowest BCUT2D eigenvalue weighted by Gasteiger charge is -2.22. The van der Waals surface area contributed by atoms with Crippen LogP contribution in [0, 0.1) is 11.8 Å². The van der Waals surface area contributed by atoms with Crippen LogP contribution < -0.4 is 0 Å². The standard InChI is InChI=1S/C22H40O2/c1-3-4-17-22(2,24)18-12-16-21-15-11-14-20(21)13-9-7-5-6-8-10-19-23/h11-12,15-16,20-21,23-24H,3-10,13-14,17-19H2,1-2H3/b16-12+/t20-,21+,22?/m0/s1. The Balaban J connectivity index is 2.20. The second-order valence-electron chi connectivity index (χ2n) is 7.87. The lowest BCUT2D eigenvalue weighted by atomic mass is 9.88. The van der Waals surface area contributed by atoms with Crippen molar-refractivity contribution in [3.8, 4) is 0 Å². The van der Waals surface area contributed by atoms with E-state index in [0.29, 0.717) is 12.5 Å². The third-order valence-corrected chi connectivity index (χ3v) is 5.31. The third-order valence-electron chi connectivity index (χ3n) is 5.31. The van der Waals surface area contributed by atoms with Crippen molar-refractivity contribution in [2.75, 3.05) is 6.61 Å². The third kappa shape index (κ3) is 9.64. The van der Waals surface area contributed by atoms with Crippen molar-refractivity contribution in [2.45, 2.75) is 96.5 Å². The molecule has 0 aromatic rings. The molecule has 0 spiro atoms. The van der Waals surface area contributed by atoms with Gasteiger partial charge in [-0.05, 0) is 50.9 Å². The van der Waals surface area contributed by atoms with Crippen LogP contribution in [0.4, 0.5) is 0 Å². The normalized spacial score (nSPS) is 23.2. The van der Waals surface area contributed by atoms with Crippen LogP contribution in [-0.2, 0) is 0 Å². The van der Waals surface area contributed by atoms with E-state index in [4.69, 9.17) is 5.11 Å². The molecule has 0 aliphatic heterocycles. The number of aliphatic hydroxyl groups is 2. The summed E-state index contributed by atoms with van der Waals surface area (Å²) in [5.41, 5.74) is -0.543. The Labute approximate surface area is 150 Å². The zero-order valence-electron chi connectivity index (χ0n) is 16.1. The molecule has 0 amide bonds. The van der Waals surface area contributed by atoms with E-state index in [0.717, 1.165) is 38.0 Å². The molecule has 0 aromatic carbocycles. The Bertz CT molecular complexity index is 357. The van der Waals surface area contributed by atoms with Crippen LogP contribution >= 0.6 is 0 Å². The molecule has 1 rings (SSSR count). The van der Waals surface area contributed by atoms with E-state index >= 15 is 0 Å². The van der Waals surface area contributed by atoms with Crippen molar-refractivity contribution in [1.82, 2.24) is 0 Å². The highest BCUT2D eigenvalue weighted by molar-refractivity contribution is 5.10. The zero-order chi connectivity index (χ0) is 17.7. The highest BCUT2D eigenvalue weighted by Gasteiger charge is 2.21. The van der Waals surface area contributed by atoms with Crippen LogP contribution in [0.15, 0.2) is 24.3 Å². The van der Waals surface area contributed by atoms with E-state index in [9.17, 15) is 5.11 Å². The molecule has 1 aliphatic rings. The molecular weight excluding hydrogens is 296 g/mol. The second kappa shape index (κ2) is 12.7. The van der Waals surface area contributed by atoms with E-state index in [1.165, 1.54) is 44.9 Å². The Hall–Kier alpha value is -0.600. The maximum atomic E-state index is 10.4. The number of unbranched alkanes of at least 4 members (excludes halogenated alkanes) is 6. The van der Waals surface area contributed by atoms with Crippen molar-refractivity contribution < 1.29 is 10.2 Å². The summed E-state index contributed by atoms with van der Waals surface area (Å²) < 4.78 is 0. The minimum absolute atomic E-state index is 0.340. The topological polar surface area (TPSA) is 40.5 Å². The van der Waals surface area contributed by atoms with Crippen LogP contribution in [0.2, 0.25) is 0 Å². The molecule has 0 heterocycles. The summed E-state index contributed by atoms with van der Waals surface area (Å²) in [6.07, 6.45) is 23.0. The van der Waals surface area contributed by atoms with Crippen LogP contribution in [0.1, 0.15) is 90.9 Å². The fourth-order valence-electron chi connectivity index (χ4n) is 3.62. The molecule has 0 aromatic heterocycles. The predicted octanol–water partition coefficient (Wildman–Crippen LogP) is 5.79. The first-order valence-corrected chi connectivity index (χ1v) is 10.3. The van der Waals surface area contributed by atoms with Gasteiger partial charge in [-0.2, -0.15) is 0 Å². The molecule has 2 heteroatoms. The first-order valence-electron chi connectivity index (χ1n) is 10.3. The number of hydrogen-bond donors (Lipinski definition) is 2. The van der Waals surface area contributed by atoms with E-state index in [2.05, 4.69) is 31.2 Å². The van der Waals surface area contributed by atoms with Gasteiger partial charge >= 0.3 is 0 Å². The SMILES string of the molecule is CCCCC(C)(O)C/C=C/[C@H]1C=CC[C@@H]1CCCCCCCCO. The van der Waals surface area contributed by atoms with Crippen molar-refractivity contribution in [3.05, 3.63) is 24.3 Å². The first kappa shape index (κ1) is 21.4. The van der Waals surface area contributed by atoms with E-state index in [1.54, 1.807) is 0 Å². The van der Waals surface area contributed by atoms with Gasteiger partial charge < -0.3 is 10.2 Å². The average molecular weight is 337 g/mol. The highest BCUT2D eigenvalue weighted by atomic mass is 16.3. The fourth-order valence-corrected chi connectivity index (χ4v) is 3.62. The van der Waals surface area contributed by atoms with Crippen LogP contribution in [0.3, 0.4) is 0 Å². The molecule has 24 heavy (non-hydrogen) atoms. The molecule has 2 N–H and O–H groups in total. The van der Waals surface area contributed by atoms with Crippen LogP contribution in [0.5, 0.6) is 0 Å². The summed E-state index contributed by atoms with van der Waals surface area (Å²) in [4.78, 5) is 0. The molecule has 1 unspecified atom stereocenters. The summed E-state index contributed by atoms with van der Waals surface area (Å²) in [5.74, 6) is 1.33. The maximum absolute atomic E-state index is 10.4. The van der Waals surface area contributed by atoms with Crippen molar-refractivity contribution >= 4 is 0 Å². The minimum Gasteiger partial charge on any atom is -0.396 e. The Morgan fingerprint density at radius 3 is 2.50 bits per heavy atom. The first-order chi connectivity index (χ1) is 11.6. The van der Waals surface area contributed by atoms with Gasteiger partial charge in [-0.25, -0.2) is 0 Å². The smallest absolute Gasteiger partial charge is 0.0654 e. The van der Waals surface area contributed by atoms with Crippen molar-refractivity contribution in [1.29, 1.82) is 0 Å². The Morgan fingerprint density at radius 1 is 1.08 bits per heavy atom.